The predicted octanol–water partition coefficient (Wildman–Crippen LogP) is 4.46. The van der Waals surface area contributed by atoms with Gasteiger partial charge in [0.25, 0.3) is 0 Å². The van der Waals surface area contributed by atoms with Gasteiger partial charge in [-0.2, -0.15) is 0 Å². The molecule has 0 aromatic heterocycles. The maximum Gasteiger partial charge on any atom is 0.183 e. The van der Waals surface area contributed by atoms with Gasteiger partial charge in [0.15, 0.2) is 8.32 Å². The maximum atomic E-state index is 6.02. The molecule has 0 aliphatic carbocycles. The molecule has 1 atom stereocenters. The van der Waals surface area contributed by atoms with Crippen molar-refractivity contribution in [3.8, 4) is 0 Å². The quantitative estimate of drug-likeness (QED) is 0.512. The Labute approximate surface area is 126 Å². The normalized spacial score (nSPS) is 15.2. The highest BCUT2D eigenvalue weighted by atomic mass is 79.9. The van der Waals surface area contributed by atoms with Crippen LogP contribution in [0.2, 0.25) is 19.6 Å². The number of hydrogen-bond acceptors (Lipinski definition) is 2. The molecule has 0 aliphatic rings. The van der Waals surface area contributed by atoms with Gasteiger partial charge in [-0.15, -0.1) is 0 Å². The van der Waals surface area contributed by atoms with E-state index in [1.165, 1.54) is 5.56 Å². The van der Waals surface area contributed by atoms with E-state index in [0.29, 0.717) is 13.2 Å². The van der Waals surface area contributed by atoms with Crippen LogP contribution in [0.25, 0.3) is 0 Å². The molecule has 0 saturated heterocycles. The molecule has 0 radical (unpaired) electrons. The standard InChI is InChI=1S/C15H25BrO2Si/c1-15(11-16,13-18-19(2,3)4)12-17-10-14-8-6-5-7-9-14/h5-9H,10-13H2,1-4H3/t15-/m1/s1. The SMILES string of the molecule is C[C@@](CBr)(COCc1ccccc1)CO[Si](C)(C)C. The van der Waals surface area contributed by atoms with Gasteiger partial charge in [0.05, 0.1) is 13.2 Å². The van der Waals surface area contributed by atoms with Crippen LogP contribution in [-0.2, 0) is 15.8 Å². The van der Waals surface area contributed by atoms with Gasteiger partial charge in [0.2, 0.25) is 0 Å². The van der Waals surface area contributed by atoms with Gasteiger partial charge in [-0.25, -0.2) is 0 Å². The van der Waals surface area contributed by atoms with E-state index in [4.69, 9.17) is 9.16 Å². The maximum absolute atomic E-state index is 6.02. The molecule has 4 heteroatoms. The van der Waals surface area contributed by atoms with E-state index < -0.39 is 8.32 Å². The molecule has 0 aliphatic heterocycles. The average molecular weight is 345 g/mol. The zero-order chi connectivity index (χ0) is 14.4. The summed E-state index contributed by atoms with van der Waals surface area (Å²) in [6, 6.07) is 10.3. The molecule has 2 nitrogen and oxygen atoms in total. The van der Waals surface area contributed by atoms with E-state index in [2.05, 4.69) is 54.6 Å². The summed E-state index contributed by atoms with van der Waals surface area (Å²) in [5, 5.41) is 0.888. The topological polar surface area (TPSA) is 18.5 Å². The van der Waals surface area contributed by atoms with Crippen molar-refractivity contribution in [1.29, 1.82) is 0 Å². The molecule has 1 aromatic rings. The summed E-state index contributed by atoms with van der Waals surface area (Å²) in [6.45, 7) is 11.0. The molecule has 0 fully saturated rings. The van der Waals surface area contributed by atoms with Gasteiger partial charge >= 0.3 is 0 Å². The first-order chi connectivity index (χ1) is 8.85. The number of hydrogen-bond donors (Lipinski definition) is 0. The first-order valence-electron chi connectivity index (χ1n) is 6.66. The molecular weight excluding hydrogens is 320 g/mol. The lowest BCUT2D eigenvalue weighted by atomic mass is 9.96. The molecule has 108 valence electrons. The van der Waals surface area contributed by atoms with Crippen molar-refractivity contribution >= 4 is 24.2 Å². The molecule has 0 amide bonds. The number of ether oxygens (including phenoxy) is 1. The minimum absolute atomic E-state index is 0.0368. The number of rotatable bonds is 8. The first kappa shape index (κ1) is 16.9. The highest BCUT2D eigenvalue weighted by molar-refractivity contribution is 9.09. The molecular formula is C15H25BrO2Si. The second-order valence-electron chi connectivity index (χ2n) is 6.32. The summed E-state index contributed by atoms with van der Waals surface area (Å²) in [6.07, 6.45) is 0. The van der Waals surface area contributed by atoms with Gasteiger partial charge in [-0.1, -0.05) is 53.2 Å². The molecule has 19 heavy (non-hydrogen) atoms. The summed E-state index contributed by atoms with van der Waals surface area (Å²) >= 11 is 3.58. The van der Waals surface area contributed by atoms with Crippen LogP contribution in [0.4, 0.5) is 0 Å². The summed E-state index contributed by atoms with van der Waals surface area (Å²) in [5.41, 5.74) is 1.25. The van der Waals surface area contributed by atoms with Crippen molar-refractivity contribution in [1.82, 2.24) is 0 Å². The molecule has 0 spiro atoms. The highest BCUT2D eigenvalue weighted by Crippen LogP contribution is 2.23. The minimum Gasteiger partial charge on any atom is -0.417 e. The van der Waals surface area contributed by atoms with Gasteiger partial charge in [0, 0.05) is 17.4 Å². The summed E-state index contributed by atoms with van der Waals surface area (Å²) in [7, 11) is -1.46. The van der Waals surface area contributed by atoms with Crippen LogP contribution >= 0.6 is 15.9 Å². The molecule has 0 unspecified atom stereocenters. The zero-order valence-corrected chi connectivity index (χ0v) is 15.0. The van der Waals surface area contributed by atoms with Crippen molar-refractivity contribution in [3.63, 3.8) is 0 Å². The van der Waals surface area contributed by atoms with E-state index in [1.54, 1.807) is 0 Å². The van der Waals surface area contributed by atoms with Gasteiger partial charge in [0.1, 0.15) is 0 Å². The summed E-state index contributed by atoms with van der Waals surface area (Å²) in [5.74, 6) is 0. The predicted molar refractivity (Wildman–Crippen MR) is 87.3 cm³/mol. The molecule has 0 saturated carbocycles. The van der Waals surface area contributed by atoms with Crippen LogP contribution < -0.4 is 0 Å². The Kier molecular flexibility index (Phi) is 6.73. The number of alkyl halides is 1. The van der Waals surface area contributed by atoms with Gasteiger partial charge < -0.3 is 9.16 Å². The van der Waals surface area contributed by atoms with E-state index in [0.717, 1.165) is 11.9 Å². The Balaban J connectivity index is 2.39. The smallest absolute Gasteiger partial charge is 0.183 e. The van der Waals surface area contributed by atoms with Crippen molar-refractivity contribution in [2.45, 2.75) is 33.2 Å². The van der Waals surface area contributed by atoms with E-state index in [9.17, 15) is 0 Å². The van der Waals surface area contributed by atoms with E-state index >= 15 is 0 Å². The van der Waals surface area contributed by atoms with Crippen molar-refractivity contribution in [2.24, 2.45) is 5.41 Å². The highest BCUT2D eigenvalue weighted by Gasteiger charge is 2.27. The van der Waals surface area contributed by atoms with Gasteiger partial charge in [-0.3, -0.25) is 0 Å². The van der Waals surface area contributed by atoms with Crippen LogP contribution in [0.15, 0.2) is 30.3 Å². The fourth-order valence-electron chi connectivity index (χ4n) is 1.50. The van der Waals surface area contributed by atoms with Crippen LogP contribution in [0.5, 0.6) is 0 Å². The fourth-order valence-corrected chi connectivity index (χ4v) is 2.60. The van der Waals surface area contributed by atoms with Crippen LogP contribution in [0, 0.1) is 5.41 Å². The Bertz CT molecular complexity index is 364. The van der Waals surface area contributed by atoms with Crippen LogP contribution in [0.1, 0.15) is 12.5 Å². The molecule has 1 rings (SSSR count). The second-order valence-corrected chi connectivity index (χ2v) is 11.4. The van der Waals surface area contributed by atoms with Gasteiger partial charge in [-0.05, 0) is 25.2 Å². The third kappa shape index (κ3) is 7.25. The van der Waals surface area contributed by atoms with E-state index in [1.807, 2.05) is 18.2 Å². The molecule has 0 bridgehead atoms. The van der Waals surface area contributed by atoms with Crippen molar-refractivity contribution in [2.75, 3.05) is 18.5 Å². The van der Waals surface area contributed by atoms with Crippen molar-refractivity contribution in [3.05, 3.63) is 35.9 Å². The monoisotopic (exact) mass is 344 g/mol. The number of halogens is 1. The minimum atomic E-state index is -1.46. The largest absolute Gasteiger partial charge is 0.417 e. The molecule has 0 N–H and O–H groups in total. The lowest BCUT2D eigenvalue weighted by Gasteiger charge is -2.30. The molecule has 1 aromatic carbocycles. The fraction of sp³-hybridized carbons (Fsp3) is 0.600. The Hall–Kier alpha value is -0.163. The Morgan fingerprint density at radius 3 is 2.26 bits per heavy atom. The third-order valence-electron chi connectivity index (χ3n) is 2.74. The lowest BCUT2D eigenvalue weighted by Crippen LogP contribution is -2.37. The lowest BCUT2D eigenvalue weighted by molar-refractivity contribution is 0.0274. The summed E-state index contributed by atoms with van der Waals surface area (Å²) < 4.78 is 11.9. The average Bonchev–Trinajstić information content (AvgIpc) is 2.37. The molecule has 0 heterocycles. The Morgan fingerprint density at radius 2 is 1.74 bits per heavy atom. The van der Waals surface area contributed by atoms with Crippen LogP contribution in [-0.4, -0.2) is 26.9 Å². The second kappa shape index (κ2) is 7.57. The van der Waals surface area contributed by atoms with Crippen molar-refractivity contribution < 1.29 is 9.16 Å². The third-order valence-corrected chi connectivity index (χ3v) is 5.10. The zero-order valence-electron chi connectivity index (χ0n) is 12.4. The van der Waals surface area contributed by atoms with E-state index in [-0.39, 0.29) is 5.41 Å². The Morgan fingerprint density at radius 1 is 1.11 bits per heavy atom. The number of benzene rings is 1. The van der Waals surface area contributed by atoms with Crippen LogP contribution in [0.3, 0.4) is 0 Å². The summed E-state index contributed by atoms with van der Waals surface area (Å²) in [4.78, 5) is 0. The first-order valence-corrected chi connectivity index (χ1v) is 11.2.